The van der Waals surface area contributed by atoms with E-state index >= 15 is 0 Å². The van der Waals surface area contributed by atoms with Gasteiger partial charge in [0.25, 0.3) is 11.4 Å². The van der Waals surface area contributed by atoms with Gasteiger partial charge in [-0.2, -0.15) is 0 Å². The van der Waals surface area contributed by atoms with Gasteiger partial charge in [0.1, 0.15) is 13.1 Å². The SMILES string of the molecule is C=CC[N+]1=C(c2ccccc2)N(Cc2ccccc2)C(C(=O)O)(c2ccc(SC)cc2)C1c1ccccc1. The second kappa shape index (κ2) is 11.1. The Morgan fingerprint density at radius 3 is 2.05 bits per heavy atom. The van der Waals surface area contributed by atoms with Crippen molar-refractivity contribution < 1.29 is 14.5 Å². The van der Waals surface area contributed by atoms with Crippen molar-refractivity contribution in [1.82, 2.24) is 4.90 Å². The van der Waals surface area contributed by atoms with Crippen LogP contribution in [0, 0.1) is 0 Å². The van der Waals surface area contributed by atoms with Gasteiger partial charge < -0.3 is 5.11 Å². The number of benzene rings is 4. The number of amidine groups is 1. The molecule has 0 fully saturated rings. The molecule has 0 aromatic heterocycles. The van der Waals surface area contributed by atoms with Crippen LogP contribution in [0.25, 0.3) is 0 Å². The Bertz CT molecular complexity index is 1440. The lowest BCUT2D eigenvalue weighted by molar-refractivity contribution is -0.561. The highest BCUT2D eigenvalue weighted by Crippen LogP contribution is 2.49. The van der Waals surface area contributed by atoms with Gasteiger partial charge in [0.05, 0.1) is 5.56 Å². The summed E-state index contributed by atoms with van der Waals surface area (Å²) >= 11 is 1.64. The fourth-order valence-corrected chi connectivity index (χ4v) is 6.00. The first-order valence-electron chi connectivity index (χ1n) is 12.7. The van der Waals surface area contributed by atoms with Gasteiger partial charge in [0.2, 0.25) is 0 Å². The molecule has 5 heteroatoms. The lowest BCUT2D eigenvalue weighted by Crippen LogP contribution is -2.53. The molecule has 0 saturated heterocycles. The molecule has 0 spiro atoms. The van der Waals surface area contributed by atoms with Crippen LogP contribution in [0.4, 0.5) is 0 Å². The van der Waals surface area contributed by atoms with Gasteiger partial charge in [0, 0.05) is 16.0 Å². The molecule has 0 radical (unpaired) electrons. The predicted molar refractivity (Wildman–Crippen MR) is 155 cm³/mol. The molecule has 4 aromatic rings. The Hall–Kier alpha value is -4.09. The van der Waals surface area contributed by atoms with Crippen molar-refractivity contribution in [3.05, 3.63) is 150 Å². The highest BCUT2D eigenvalue weighted by Gasteiger charge is 2.67. The second-order valence-corrected chi connectivity index (χ2v) is 10.2. The van der Waals surface area contributed by atoms with Crippen molar-refractivity contribution >= 4 is 23.6 Å². The second-order valence-electron chi connectivity index (χ2n) is 9.32. The summed E-state index contributed by atoms with van der Waals surface area (Å²) in [4.78, 5) is 17.1. The van der Waals surface area contributed by atoms with Crippen LogP contribution < -0.4 is 0 Å². The van der Waals surface area contributed by atoms with E-state index in [-0.39, 0.29) is 0 Å². The van der Waals surface area contributed by atoms with Gasteiger partial charge in [-0.25, -0.2) is 14.3 Å². The molecule has 38 heavy (non-hydrogen) atoms. The van der Waals surface area contributed by atoms with Gasteiger partial charge in [-0.15, -0.1) is 11.8 Å². The van der Waals surface area contributed by atoms with E-state index in [1.165, 1.54) is 0 Å². The predicted octanol–water partition coefficient (Wildman–Crippen LogP) is 6.59. The zero-order valence-electron chi connectivity index (χ0n) is 21.4. The minimum absolute atomic E-state index is 0.429. The van der Waals surface area contributed by atoms with Crippen molar-refractivity contribution in [1.29, 1.82) is 0 Å². The van der Waals surface area contributed by atoms with E-state index in [1.54, 1.807) is 11.8 Å². The number of rotatable bonds is 9. The molecular formula is C33H31N2O2S+. The van der Waals surface area contributed by atoms with Crippen molar-refractivity contribution in [3.63, 3.8) is 0 Å². The Balaban J connectivity index is 1.87. The van der Waals surface area contributed by atoms with Crippen LogP contribution in [-0.4, -0.2) is 39.2 Å². The fraction of sp³-hybridized carbons (Fsp3) is 0.152. The van der Waals surface area contributed by atoms with E-state index in [4.69, 9.17) is 0 Å². The van der Waals surface area contributed by atoms with Crippen LogP contribution in [0.5, 0.6) is 0 Å². The van der Waals surface area contributed by atoms with E-state index in [0.29, 0.717) is 13.1 Å². The third-order valence-corrected chi connectivity index (χ3v) is 7.92. The maximum Gasteiger partial charge on any atom is 0.362 e. The van der Waals surface area contributed by atoms with Gasteiger partial charge in [0.15, 0.2) is 6.04 Å². The van der Waals surface area contributed by atoms with Crippen molar-refractivity contribution in [3.8, 4) is 0 Å². The zero-order valence-corrected chi connectivity index (χ0v) is 22.2. The molecule has 4 aromatic carbocycles. The molecule has 1 aliphatic heterocycles. The van der Waals surface area contributed by atoms with Crippen LogP contribution in [0.15, 0.2) is 133 Å². The molecule has 1 N–H and O–H groups in total. The number of thioether (sulfide) groups is 1. The number of hydrogen-bond acceptors (Lipinski definition) is 3. The van der Waals surface area contributed by atoms with E-state index < -0.39 is 17.6 Å². The summed E-state index contributed by atoms with van der Waals surface area (Å²) in [6.07, 6.45) is 3.88. The molecular weight excluding hydrogens is 488 g/mol. The first-order valence-corrected chi connectivity index (χ1v) is 13.9. The summed E-state index contributed by atoms with van der Waals surface area (Å²) in [6, 6.07) is 37.7. The molecule has 2 unspecified atom stereocenters. The van der Waals surface area contributed by atoms with E-state index in [1.807, 2.05) is 103 Å². The van der Waals surface area contributed by atoms with Crippen LogP contribution in [-0.2, 0) is 16.9 Å². The Morgan fingerprint density at radius 1 is 0.921 bits per heavy atom. The van der Waals surface area contributed by atoms with E-state index in [9.17, 15) is 9.90 Å². The smallest absolute Gasteiger partial charge is 0.362 e. The minimum atomic E-state index is -1.40. The summed E-state index contributed by atoms with van der Waals surface area (Å²) in [5.74, 6) is -0.0151. The number of carboxylic acids is 1. The molecule has 1 aliphatic rings. The molecule has 0 aliphatic carbocycles. The molecule has 1 heterocycles. The Kier molecular flexibility index (Phi) is 7.47. The maximum atomic E-state index is 13.9. The monoisotopic (exact) mass is 519 g/mol. The normalized spacial score (nSPS) is 19.0. The third-order valence-electron chi connectivity index (χ3n) is 7.17. The highest BCUT2D eigenvalue weighted by atomic mass is 32.2. The molecule has 4 nitrogen and oxygen atoms in total. The van der Waals surface area contributed by atoms with Crippen LogP contribution in [0.2, 0.25) is 0 Å². The standard InChI is InChI=1S/C33H30N2O2S/c1-3-23-34-30(26-15-9-5-10-16-26)33(32(36)37,28-19-21-29(38-2)22-20-28)35(24-25-13-7-4-8-14-25)31(34)27-17-11-6-12-18-27/h3-22,30H,1,23-24H2,2H3/p+1. The average Bonchev–Trinajstić information content (AvgIpc) is 3.25. The first-order chi connectivity index (χ1) is 18.6. The summed E-state index contributed by atoms with van der Waals surface area (Å²) < 4.78 is 2.21. The summed E-state index contributed by atoms with van der Waals surface area (Å²) in [5, 5.41) is 11.4. The number of carbonyl (C=O) groups is 1. The average molecular weight is 520 g/mol. The summed E-state index contributed by atoms with van der Waals surface area (Å²) in [6.45, 7) is 4.98. The Morgan fingerprint density at radius 2 is 1.50 bits per heavy atom. The molecule has 0 saturated carbocycles. The topological polar surface area (TPSA) is 43.5 Å². The van der Waals surface area contributed by atoms with Gasteiger partial charge in [-0.1, -0.05) is 104 Å². The van der Waals surface area contributed by atoms with Crippen molar-refractivity contribution in [2.75, 3.05) is 12.8 Å². The Labute approximate surface area is 228 Å². The van der Waals surface area contributed by atoms with Gasteiger partial charge >= 0.3 is 5.97 Å². The quantitative estimate of drug-likeness (QED) is 0.154. The lowest BCUT2D eigenvalue weighted by Gasteiger charge is -2.35. The van der Waals surface area contributed by atoms with Crippen molar-refractivity contribution in [2.45, 2.75) is 23.0 Å². The summed E-state index contributed by atoms with van der Waals surface area (Å²) in [7, 11) is 0. The minimum Gasteiger partial charge on any atom is -0.477 e. The van der Waals surface area contributed by atoms with Crippen LogP contribution in [0.1, 0.15) is 28.3 Å². The van der Waals surface area contributed by atoms with E-state index in [0.717, 1.165) is 33.0 Å². The maximum absolute atomic E-state index is 13.9. The van der Waals surface area contributed by atoms with Crippen LogP contribution >= 0.6 is 11.8 Å². The highest BCUT2D eigenvalue weighted by molar-refractivity contribution is 7.98. The fourth-order valence-electron chi connectivity index (χ4n) is 5.59. The zero-order chi connectivity index (χ0) is 26.5. The number of aliphatic carboxylic acids is 1. The van der Waals surface area contributed by atoms with Crippen molar-refractivity contribution in [2.24, 2.45) is 0 Å². The number of hydrogen-bond donors (Lipinski definition) is 1. The van der Waals surface area contributed by atoms with Gasteiger partial charge in [-0.05, 0) is 36.1 Å². The van der Waals surface area contributed by atoms with Gasteiger partial charge in [-0.3, -0.25) is 0 Å². The molecule has 0 bridgehead atoms. The van der Waals surface area contributed by atoms with Crippen LogP contribution in [0.3, 0.4) is 0 Å². The summed E-state index contributed by atoms with van der Waals surface area (Å²) in [5.41, 5.74) is 2.29. The molecule has 190 valence electrons. The molecule has 5 rings (SSSR count). The molecule has 2 atom stereocenters. The number of nitrogens with zero attached hydrogens (tertiary/aromatic N) is 2. The van der Waals surface area contributed by atoms with E-state index in [2.05, 4.69) is 40.3 Å². The lowest BCUT2D eigenvalue weighted by atomic mass is 9.78. The third kappa shape index (κ3) is 4.44. The first kappa shape index (κ1) is 25.6. The number of carboxylic acid groups (broad SMARTS) is 1. The largest absolute Gasteiger partial charge is 0.477 e. The molecule has 0 amide bonds.